The number of phenolic OH excluding ortho intramolecular Hbond substituents is 1. The molecule has 53 heavy (non-hydrogen) atoms. The molecule has 2 aliphatic carbocycles. The highest BCUT2D eigenvalue weighted by Gasteiger charge is 2.77. The third kappa shape index (κ3) is 4.73. The predicted molar refractivity (Wildman–Crippen MR) is 173 cm³/mol. The minimum Gasteiger partial charge on any atom is -0.507 e. The summed E-state index contributed by atoms with van der Waals surface area (Å²) in [5.74, 6) is -25.6. The normalized spacial score (nSPS) is 27.8. The topological polar surface area (TPSA) is 162 Å². The zero-order valence-electron chi connectivity index (χ0n) is 26.8. The van der Waals surface area contributed by atoms with Crippen LogP contribution < -0.4 is 14.5 Å². The third-order valence-corrected chi connectivity index (χ3v) is 11.7. The maximum atomic E-state index is 15.3. The van der Waals surface area contributed by atoms with E-state index in [-0.39, 0.29) is 46.3 Å². The van der Waals surface area contributed by atoms with Crippen LogP contribution in [0.1, 0.15) is 41.6 Å². The van der Waals surface area contributed by atoms with Gasteiger partial charge in [-0.3, -0.25) is 19.2 Å². The first-order valence-corrected chi connectivity index (χ1v) is 16.6. The van der Waals surface area contributed by atoms with Crippen molar-refractivity contribution in [3.63, 3.8) is 0 Å². The zero-order chi connectivity index (χ0) is 38.6. The minimum absolute atomic E-state index is 0.0175. The number of benzene rings is 3. The summed E-state index contributed by atoms with van der Waals surface area (Å²) >= 11 is 14.2. The highest BCUT2D eigenvalue weighted by Crippen LogP contribution is 2.66. The molecule has 6 atom stereocenters. The Morgan fingerprint density at radius 3 is 2.09 bits per heavy atom. The van der Waals surface area contributed by atoms with Gasteiger partial charge in [0.2, 0.25) is 17.6 Å². The molecule has 11 nitrogen and oxygen atoms in total. The van der Waals surface area contributed by atoms with Crippen LogP contribution in [0.25, 0.3) is 0 Å². The van der Waals surface area contributed by atoms with E-state index in [0.717, 1.165) is 24.3 Å². The number of imide groups is 2. The molecule has 0 bridgehead atoms. The molecule has 1 saturated carbocycles. The number of nitrogens with zero attached hydrogens (tertiary/aromatic N) is 2. The van der Waals surface area contributed by atoms with Crippen LogP contribution in [-0.4, -0.2) is 61.3 Å². The number of carbonyl (C=O) groups is 5. The van der Waals surface area contributed by atoms with Crippen LogP contribution in [0.2, 0.25) is 0 Å². The molecule has 18 heteroatoms. The number of carboxylic acid groups (broad SMARTS) is 1. The molecule has 3 aromatic carbocycles. The zero-order valence-corrected chi connectivity index (χ0v) is 28.3. The van der Waals surface area contributed by atoms with Crippen LogP contribution >= 0.6 is 23.2 Å². The SMILES string of the molecule is CCOc1cc(C2C3=CCC4C(=O)N(c5ccc(C(=O)O)c(O)c5)C(=O)C4C3CC3(Cl)C(=O)N(c4c(F)c(F)c(F)c(F)c4F)C(=O)C23Cl)ccc1O. The fraction of sp³-hybridized carbons (Fsp3) is 0.286. The monoisotopic (exact) mass is 780 g/mol. The Kier molecular flexibility index (Phi) is 8.30. The second-order valence-electron chi connectivity index (χ2n) is 12.9. The molecule has 2 aliphatic heterocycles. The van der Waals surface area contributed by atoms with Crippen molar-refractivity contribution in [3.8, 4) is 17.2 Å². The van der Waals surface area contributed by atoms with Crippen LogP contribution in [0.4, 0.5) is 33.3 Å². The molecule has 3 N–H and O–H groups in total. The number of anilines is 2. The lowest BCUT2D eigenvalue weighted by molar-refractivity contribution is -0.125. The molecule has 2 saturated heterocycles. The van der Waals surface area contributed by atoms with Crippen molar-refractivity contribution in [2.75, 3.05) is 16.4 Å². The number of aromatic hydroxyl groups is 2. The number of rotatable bonds is 6. The summed E-state index contributed by atoms with van der Waals surface area (Å²) in [5, 5.41) is 30.1. The van der Waals surface area contributed by atoms with Crippen molar-refractivity contribution >= 4 is 64.2 Å². The number of phenols is 2. The lowest BCUT2D eigenvalue weighted by Crippen LogP contribution is -2.60. The van der Waals surface area contributed by atoms with Gasteiger partial charge in [0.25, 0.3) is 11.8 Å². The van der Waals surface area contributed by atoms with Gasteiger partial charge in [-0.1, -0.05) is 17.7 Å². The smallest absolute Gasteiger partial charge is 0.339 e. The lowest BCUT2D eigenvalue weighted by atomic mass is 9.56. The van der Waals surface area contributed by atoms with Crippen molar-refractivity contribution in [2.24, 2.45) is 17.8 Å². The highest BCUT2D eigenvalue weighted by atomic mass is 35.5. The number of allylic oxidation sites excluding steroid dienone is 2. The Balaban J connectivity index is 1.42. The molecule has 0 radical (unpaired) electrons. The average molecular weight is 781 g/mol. The molecule has 0 aromatic heterocycles. The number of carboxylic acids is 1. The molecule has 7 rings (SSSR count). The Morgan fingerprint density at radius 2 is 1.49 bits per heavy atom. The van der Waals surface area contributed by atoms with E-state index in [1.807, 2.05) is 0 Å². The molecule has 276 valence electrons. The summed E-state index contributed by atoms with van der Waals surface area (Å²) in [6, 6.07) is 6.64. The van der Waals surface area contributed by atoms with E-state index in [0.29, 0.717) is 4.90 Å². The first-order chi connectivity index (χ1) is 24.9. The molecule has 3 aromatic rings. The van der Waals surface area contributed by atoms with E-state index in [2.05, 4.69) is 0 Å². The minimum atomic E-state index is -2.79. The van der Waals surface area contributed by atoms with Gasteiger partial charge in [0, 0.05) is 12.0 Å². The quantitative estimate of drug-likeness (QED) is 0.0716. The van der Waals surface area contributed by atoms with E-state index >= 15 is 8.78 Å². The van der Waals surface area contributed by atoms with E-state index in [4.69, 9.17) is 27.9 Å². The van der Waals surface area contributed by atoms with Crippen molar-refractivity contribution < 1.29 is 66.0 Å². The standard InChI is InChI=1S/C35H23Cl2F5N2O9/c1-2-53-20-9-12(3-8-18(20)45)22-14-6-7-16-21(30(48)43(29(16)47)13-4-5-15(31(49)50)19(46)10-13)17(14)11-34(36)32(51)44(33(52)35(22,34)37)28-26(41)24(39)23(38)25(40)27(28)42/h3-6,8-10,16-17,21-22,45-46H,2,7,11H2,1H3,(H,49,50). The van der Waals surface area contributed by atoms with E-state index in [1.165, 1.54) is 18.2 Å². The first-order valence-electron chi connectivity index (χ1n) is 15.8. The fourth-order valence-electron chi connectivity index (χ4n) is 8.02. The van der Waals surface area contributed by atoms with Gasteiger partial charge in [0.15, 0.2) is 44.5 Å². The molecule has 4 amide bonds. The van der Waals surface area contributed by atoms with Gasteiger partial charge in [-0.2, -0.15) is 0 Å². The Hall–Kier alpha value is -5.22. The number of amides is 4. The second-order valence-corrected chi connectivity index (χ2v) is 14.1. The molecular weight excluding hydrogens is 758 g/mol. The molecule has 0 spiro atoms. The highest BCUT2D eigenvalue weighted by molar-refractivity contribution is 6.58. The van der Waals surface area contributed by atoms with Crippen molar-refractivity contribution in [1.82, 2.24) is 0 Å². The van der Waals surface area contributed by atoms with E-state index in [9.17, 15) is 52.5 Å². The summed E-state index contributed by atoms with van der Waals surface area (Å²) in [6.45, 7) is 1.62. The van der Waals surface area contributed by atoms with Gasteiger partial charge >= 0.3 is 5.97 Å². The third-order valence-electron chi connectivity index (χ3n) is 10.3. The number of aromatic carboxylic acids is 1. The fourth-order valence-corrected chi connectivity index (χ4v) is 8.95. The lowest BCUT2D eigenvalue weighted by Gasteiger charge is -2.50. The van der Waals surface area contributed by atoms with Gasteiger partial charge < -0.3 is 20.1 Å². The van der Waals surface area contributed by atoms with Crippen LogP contribution in [0.5, 0.6) is 17.2 Å². The molecule has 3 fully saturated rings. The Bertz CT molecular complexity index is 2230. The number of hydrogen-bond donors (Lipinski definition) is 3. The molecule has 4 aliphatic rings. The largest absolute Gasteiger partial charge is 0.507 e. The summed E-state index contributed by atoms with van der Waals surface area (Å²) in [5.41, 5.74) is -2.47. The summed E-state index contributed by atoms with van der Waals surface area (Å²) in [6.07, 6.45) is 0.544. The maximum absolute atomic E-state index is 15.3. The van der Waals surface area contributed by atoms with E-state index in [1.54, 1.807) is 6.92 Å². The van der Waals surface area contributed by atoms with Crippen molar-refractivity contribution in [1.29, 1.82) is 0 Å². The summed E-state index contributed by atoms with van der Waals surface area (Å²) in [4.78, 5) is 63.1. The molecular formula is C35H23Cl2F5N2O9. The number of fused-ring (bicyclic) bond motifs is 4. The van der Waals surface area contributed by atoms with Gasteiger partial charge in [0.1, 0.15) is 17.0 Å². The van der Waals surface area contributed by atoms with Crippen LogP contribution in [0.3, 0.4) is 0 Å². The summed E-state index contributed by atoms with van der Waals surface area (Å²) < 4.78 is 79.0. The van der Waals surface area contributed by atoms with Crippen LogP contribution in [0, 0.1) is 46.8 Å². The number of carbonyl (C=O) groups excluding carboxylic acids is 4. The van der Waals surface area contributed by atoms with Gasteiger partial charge in [0.05, 0.1) is 24.1 Å². The molecule has 2 heterocycles. The second kappa shape index (κ2) is 12.2. The number of alkyl halides is 2. The predicted octanol–water partition coefficient (Wildman–Crippen LogP) is 5.66. The first kappa shape index (κ1) is 36.2. The van der Waals surface area contributed by atoms with Crippen LogP contribution in [0.15, 0.2) is 48.0 Å². The maximum Gasteiger partial charge on any atom is 0.339 e. The molecule has 6 unspecified atom stereocenters. The average Bonchev–Trinajstić information content (AvgIpc) is 3.45. The Labute approximate surface area is 304 Å². The van der Waals surface area contributed by atoms with Gasteiger partial charge in [-0.25, -0.2) is 36.5 Å². The van der Waals surface area contributed by atoms with Gasteiger partial charge in [-0.05, 0) is 55.5 Å². The number of halogens is 7. The van der Waals surface area contributed by atoms with Crippen molar-refractivity contribution in [2.45, 2.75) is 35.4 Å². The van der Waals surface area contributed by atoms with Crippen molar-refractivity contribution in [3.05, 3.63) is 88.3 Å². The Morgan fingerprint density at radius 1 is 0.849 bits per heavy atom. The number of ether oxygens (including phenoxy) is 1. The van der Waals surface area contributed by atoms with E-state index < -0.39 is 116 Å². The van der Waals surface area contributed by atoms with Crippen LogP contribution in [-0.2, 0) is 19.2 Å². The van der Waals surface area contributed by atoms with Gasteiger partial charge in [-0.15, -0.1) is 23.2 Å². The summed E-state index contributed by atoms with van der Waals surface area (Å²) in [7, 11) is 0. The number of hydrogen-bond acceptors (Lipinski definition) is 8.